The number of carbonyl (C=O) groups is 1. The van der Waals surface area contributed by atoms with E-state index in [-0.39, 0.29) is 17.2 Å². The Morgan fingerprint density at radius 3 is 2.79 bits per heavy atom. The molecule has 0 unspecified atom stereocenters. The molecule has 0 fully saturated rings. The van der Waals surface area contributed by atoms with Crippen molar-refractivity contribution in [3.8, 4) is 5.69 Å². The van der Waals surface area contributed by atoms with Crippen molar-refractivity contribution in [3.63, 3.8) is 0 Å². The van der Waals surface area contributed by atoms with Crippen molar-refractivity contribution in [2.75, 3.05) is 6.26 Å². The van der Waals surface area contributed by atoms with E-state index >= 15 is 0 Å². The van der Waals surface area contributed by atoms with Crippen LogP contribution in [0, 0.1) is 25.1 Å². The van der Waals surface area contributed by atoms with E-state index in [1.165, 1.54) is 40.7 Å². The highest BCUT2D eigenvalue weighted by molar-refractivity contribution is 8.45. The van der Waals surface area contributed by atoms with E-state index in [0.717, 1.165) is 21.3 Å². The minimum Gasteiger partial charge on any atom is -0.318 e. The number of aromatic nitrogens is 1. The SMILES string of the molecule is CSC1=NN2C(=N)/C(=C/c3cc(C)n(-c4cccc(F)c4)c3C)C(=O)N=C2S1. The minimum atomic E-state index is -0.461. The average Bonchev–Trinajstić information content (AvgIpc) is 3.19. The van der Waals surface area contributed by atoms with Crippen molar-refractivity contribution < 1.29 is 9.18 Å². The summed E-state index contributed by atoms with van der Waals surface area (Å²) in [6.45, 7) is 3.81. The number of aliphatic imine (C=N–C) groups is 1. The van der Waals surface area contributed by atoms with Crippen LogP contribution in [-0.4, -0.2) is 37.1 Å². The van der Waals surface area contributed by atoms with Gasteiger partial charge in [0.2, 0.25) is 5.17 Å². The highest BCUT2D eigenvalue weighted by atomic mass is 32.2. The Morgan fingerprint density at radius 2 is 2.07 bits per heavy atom. The third-order valence-electron chi connectivity index (χ3n) is 4.45. The molecule has 2 aromatic rings. The van der Waals surface area contributed by atoms with Crippen molar-refractivity contribution in [2.45, 2.75) is 13.8 Å². The van der Waals surface area contributed by atoms with E-state index in [1.54, 1.807) is 12.1 Å². The Bertz CT molecular complexity index is 1120. The fraction of sp³-hybridized carbons (Fsp3) is 0.158. The first-order valence-electron chi connectivity index (χ1n) is 8.38. The summed E-state index contributed by atoms with van der Waals surface area (Å²) in [4.78, 5) is 16.6. The Kier molecular flexibility index (Phi) is 4.72. The topological polar surface area (TPSA) is 73.8 Å². The standard InChI is InChI=1S/C19H16FN5OS2/c1-10-7-12(11(2)24(10)14-6-4-5-13(20)9-14)8-15-16(21)25-18(22-17(15)26)28-19(23-25)27-3/h4-9,21H,1-3H3/b15-8-,21-16?. The second-order valence-corrected chi connectivity index (χ2v) is 8.24. The van der Waals surface area contributed by atoms with E-state index in [1.807, 2.05) is 36.8 Å². The van der Waals surface area contributed by atoms with Gasteiger partial charge in [0.15, 0.2) is 10.2 Å². The number of thioether (sulfide) groups is 2. The van der Waals surface area contributed by atoms with Gasteiger partial charge >= 0.3 is 0 Å². The van der Waals surface area contributed by atoms with Gasteiger partial charge in [-0.3, -0.25) is 10.2 Å². The maximum Gasteiger partial charge on any atom is 0.283 e. The molecular formula is C19H16FN5OS2. The highest BCUT2D eigenvalue weighted by Crippen LogP contribution is 2.32. The normalized spacial score (nSPS) is 17.9. The molecule has 1 N–H and O–H groups in total. The molecule has 1 aromatic heterocycles. The molecule has 6 nitrogen and oxygen atoms in total. The summed E-state index contributed by atoms with van der Waals surface area (Å²) in [6, 6.07) is 8.24. The first-order chi connectivity index (χ1) is 13.4. The van der Waals surface area contributed by atoms with Crippen LogP contribution in [0.3, 0.4) is 0 Å². The molecule has 0 spiro atoms. The molecule has 0 atom stereocenters. The van der Waals surface area contributed by atoms with Gasteiger partial charge in [0, 0.05) is 17.1 Å². The number of benzene rings is 1. The number of amides is 1. The Hall–Kier alpha value is -2.65. The third kappa shape index (κ3) is 3.10. The van der Waals surface area contributed by atoms with Crippen molar-refractivity contribution >= 4 is 50.9 Å². The molecule has 4 rings (SSSR count). The summed E-state index contributed by atoms with van der Waals surface area (Å²) in [5.41, 5.74) is 3.39. The number of aryl methyl sites for hydroxylation is 1. The fourth-order valence-corrected chi connectivity index (χ4v) is 4.50. The zero-order chi connectivity index (χ0) is 20.0. The number of hydrazone groups is 1. The minimum absolute atomic E-state index is 0.00195. The lowest BCUT2D eigenvalue weighted by atomic mass is 10.1. The number of rotatable bonds is 2. The lowest BCUT2D eigenvalue weighted by Gasteiger charge is -2.20. The van der Waals surface area contributed by atoms with Crippen molar-refractivity contribution in [1.82, 2.24) is 9.58 Å². The molecule has 0 aliphatic carbocycles. The summed E-state index contributed by atoms with van der Waals surface area (Å²) >= 11 is 2.72. The molecule has 0 saturated heterocycles. The molecule has 1 amide bonds. The van der Waals surface area contributed by atoms with Gasteiger partial charge in [0.1, 0.15) is 5.82 Å². The van der Waals surface area contributed by atoms with Crippen molar-refractivity contribution in [3.05, 3.63) is 58.7 Å². The Morgan fingerprint density at radius 1 is 1.29 bits per heavy atom. The average molecular weight is 414 g/mol. The van der Waals surface area contributed by atoms with Crippen LogP contribution in [0.25, 0.3) is 11.8 Å². The van der Waals surface area contributed by atoms with Crippen LogP contribution in [0.15, 0.2) is 46.0 Å². The second-order valence-electron chi connectivity index (χ2n) is 6.23. The maximum absolute atomic E-state index is 13.6. The van der Waals surface area contributed by atoms with E-state index in [2.05, 4.69) is 10.1 Å². The van der Waals surface area contributed by atoms with Crippen LogP contribution in [0.4, 0.5) is 4.39 Å². The summed E-state index contributed by atoms with van der Waals surface area (Å²) in [5.74, 6) is -0.774. The number of hydrogen-bond donors (Lipinski definition) is 1. The quantitative estimate of drug-likeness (QED) is 0.750. The van der Waals surface area contributed by atoms with Gasteiger partial charge in [-0.05, 0) is 67.8 Å². The predicted molar refractivity (Wildman–Crippen MR) is 114 cm³/mol. The number of halogens is 1. The van der Waals surface area contributed by atoms with E-state index in [4.69, 9.17) is 5.41 Å². The van der Waals surface area contributed by atoms with Crippen LogP contribution >= 0.6 is 23.5 Å². The lowest BCUT2D eigenvalue weighted by Crippen LogP contribution is -2.35. The number of amidine groups is 2. The van der Waals surface area contributed by atoms with E-state index in [0.29, 0.717) is 10.9 Å². The molecule has 2 aliphatic heterocycles. The molecule has 0 radical (unpaired) electrons. The van der Waals surface area contributed by atoms with Gasteiger partial charge < -0.3 is 4.57 Å². The molecule has 0 saturated carbocycles. The zero-order valence-electron chi connectivity index (χ0n) is 15.4. The molecule has 3 heterocycles. The number of nitrogens with zero attached hydrogens (tertiary/aromatic N) is 4. The molecule has 0 bridgehead atoms. The molecule has 2 aliphatic rings. The highest BCUT2D eigenvalue weighted by Gasteiger charge is 2.35. The summed E-state index contributed by atoms with van der Waals surface area (Å²) in [7, 11) is 0. The van der Waals surface area contributed by atoms with Gasteiger partial charge in [-0.1, -0.05) is 6.07 Å². The van der Waals surface area contributed by atoms with Crippen LogP contribution in [0.5, 0.6) is 0 Å². The lowest BCUT2D eigenvalue weighted by molar-refractivity contribution is -0.114. The molecular weight excluding hydrogens is 397 g/mol. The third-order valence-corrected chi connectivity index (χ3v) is 6.33. The van der Waals surface area contributed by atoms with Gasteiger partial charge in [0.05, 0.1) is 5.57 Å². The summed E-state index contributed by atoms with van der Waals surface area (Å²) in [6.07, 6.45) is 3.54. The number of fused-ring (bicyclic) bond motifs is 1. The monoisotopic (exact) mass is 413 g/mol. The number of hydrogen-bond acceptors (Lipinski definition) is 5. The largest absolute Gasteiger partial charge is 0.318 e. The van der Waals surface area contributed by atoms with Crippen molar-refractivity contribution in [1.29, 1.82) is 5.41 Å². The maximum atomic E-state index is 13.6. The number of carbonyl (C=O) groups excluding carboxylic acids is 1. The second kappa shape index (κ2) is 7.06. The number of nitrogens with one attached hydrogen (secondary N) is 1. The first kappa shape index (κ1) is 18.7. The van der Waals surface area contributed by atoms with Crippen LogP contribution in [-0.2, 0) is 4.79 Å². The fourth-order valence-electron chi connectivity index (χ4n) is 3.16. The van der Waals surface area contributed by atoms with E-state index < -0.39 is 5.91 Å². The Balaban J connectivity index is 1.76. The zero-order valence-corrected chi connectivity index (χ0v) is 17.0. The van der Waals surface area contributed by atoms with Crippen LogP contribution in [0.2, 0.25) is 0 Å². The van der Waals surface area contributed by atoms with Crippen LogP contribution < -0.4 is 0 Å². The molecule has 1 aromatic carbocycles. The van der Waals surface area contributed by atoms with Gasteiger partial charge in [-0.2, -0.15) is 10.0 Å². The van der Waals surface area contributed by atoms with E-state index in [9.17, 15) is 9.18 Å². The van der Waals surface area contributed by atoms with Crippen molar-refractivity contribution in [2.24, 2.45) is 10.1 Å². The predicted octanol–water partition coefficient (Wildman–Crippen LogP) is 4.17. The molecule has 9 heteroatoms. The molecule has 142 valence electrons. The summed E-state index contributed by atoms with van der Waals surface area (Å²) < 4.78 is 16.3. The van der Waals surface area contributed by atoms with Crippen LogP contribution in [0.1, 0.15) is 17.0 Å². The Labute approximate surface area is 169 Å². The van der Waals surface area contributed by atoms with Gasteiger partial charge in [-0.25, -0.2) is 4.39 Å². The smallest absolute Gasteiger partial charge is 0.283 e. The van der Waals surface area contributed by atoms with Gasteiger partial charge in [0.25, 0.3) is 5.91 Å². The van der Waals surface area contributed by atoms with Gasteiger partial charge in [-0.15, -0.1) is 16.9 Å². The summed E-state index contributed by atoms with van der Waals surface area (Å²) in [5, 5.41) is 14.5. The molecule has 28 heavy (non-hydrogen) atoms. The first-order valence-corrected chi connectivity index (χ1v) is 10.4.